The van der Waals surface area contributed by atoms with E-state index in [0.717, 1.165) is 9.13 Å². The zero-order valence-electron chi connectivity index (χ0n) is 16.2. The van der Waals surface area contributed by atoms with E-state index in [0.29, 0.717) is 31.9 Å². The predicted molar refractivity (Wildman–Crippen MR) is 105 cm³/mol. The van der Waals surface area contributed by atoms with Crippen molar-refractivity contribution in [1.29, 1.82) is 0 Å². The summed E-state index contributed by atoms with van der Waals surface area (Å²) in [7, 11) is 2.74. The molecule has 2 heterocycles. The Kier molecular flexibility index (Phi) is 5.37. The number of anilines is 2. The van der Waals surface area contributed by atoms with Crippen LogP contribution in [0.4, 0.5) is 15.9 Å². The van der Waals surface area contributed by atoms with Gasteiger partial charge in [-0.15, -0.1) is 0 Å². The third kappa shape index (κ3) is 3.33. The second-order valence-electron chi connectivity index (χ2n) is 6.98. The highest BCUT2D eigenvalue weighted by Gasteiger charge is 2.30. The number of carbonyl (C=O) groups is 1. The summed E-state index contributed by atoms with van der Waals surface area (Å²) in [5.74, 6) is -0.829. The van der Waals surface area contributed by atoms with E-state index < -0.39 is 23.1 Å². The van der Waals surface area contributed by atoms with Crippen molar-refractivity contribution >= 4 is 17.3 Å². The molecule has 2 aromatic rings. The van der Waals surface area contributed by atoms with Crippen LogP contribution in [0.15, 0.2) is 33.9 Å². The first kappa shape index (κ1) is 19.8. The molecule has 2 N–H and O–H groups in total. The highest BCUT2D eigenvalue weighted by atomic mass is 19.1. The van der Waals surface area contributed by atoms with Gasteiger partial charge in [0.1, 0.15) is 17.2 Å². The first-order chi connectivity index (χ1) is 13.2. The van der Waals surface area contributed by atoms with E-state index in [-0.39, 0.29) is 17.2 Å². The lowest BCUT2D eigenvalue weighted by Gasteiger charge is -2.38. The number of piperazine rings is 1. The van der Waals surface area contributed by atoms with Crippen LogP contribution in [0.25, 0.3) is 0 Å². The first-order valence-electron chi connectivity index (χ1n) is 9.07. The summed E-state index contributed by atoms with van der Waals surface area (Å²) < 4.78 is 16.0. The Balaban J connectivity index is 1.79. The zero-order chi connectivity index (χ0) is 20.6. The first-order valence-corrected chi connectivity index (χ1v) is 9.07. The van der Waals surface area contributed by atoms with Gasteiger partial charge in [-0.1, -0.05) is 12.1 Å². The number of ketones is 1. The van der Waals surface area contributed by atoms with E-state index in [4.69, 9.17) is 5.73 Å². The molecule has 150 valence electrons. The Bertz CT molecular complexity index is 1020. The molecule has 1 aromatic heterocycles. The lowest BCUT2D eigenvalue weighted by atomic mass is 10.0. The second-order valence-corrected chi connectivity index (χ2v) is 6.98. The summed E-state index contributed by atoms with van der Waals surface area (Å²) in [6, 6.07) is 6.00. The van der Waals surface area contributed by atoms with Gasteiger partial charge < -0.3 is 10.6 Å². The standard InChI is InChI=1S/C19H24FN5O3/c1-12(16(26)15-17(21)22(2)19(28)23(3)18(15)27)24-8-10-25(11-9-24)14-7-5-4-6-13(14)20/h4-7,12H,8-11,21H2,1-3H3. The van der Waals surface area contributed by atoms with Gasteiger partial charge in [-0.05, 0) is 19.1 Å². The Labute approximate surface area is 161 Å². The lowest BCUT2D eigenvalue weighted by Crippen LogP contribution is -2.53. The van der Waals surface area contributed by atoms with Gasteiger partial charge in [-0.25, -0.2) is 9.18 Å². The molecule has 3 rings (SSSR count). The molecule has 0 radical (unpaired) electrons. The van der Waals surface area contributed by atoms with Crippen molar-refractivity contribution in [2.75, 3.05) is 36.8 Å². The number of Topliss-reactive ketones (excluding diaryl/α,β-unsaturated/α-hetero) is 1. The van der Waals surface area contributed by atoms with Gasteiger partial charge in [0, 0.05) is 40.3 Å². The third-order valence-electron chi connectivity index (χ3n) is 5.39. The normalized spacial score (nSPS) is 16.2. The van der Waals surface area contributed by atoms with Crippen LogP contribution in [0, 0.1) is 5.82 Å². The molecule has 1 saturated heterocycles. The zero-order valence-corrected chi connectivity index (χ0v) is 16.2. The lowest BCUT2D eigenvalue weighted by molar-refractivity contribution is 0.0827. The largest absolute Gasteiger partial charge is 0.384 e. The molecule has 1 aliphatic rings. The minimum Gasteiger partial charge on any atom is -0.384 e. The summed E-state index contributed by atoms with van der Waals surface area (Å²) in [6.07, 6.45) is 0. The SMILES string of the molecule is CC(C(=O)c1c(N)n(C)c(=O)n(C)c1=O)N1CCN(c2ccccc2F)CC1. The Morgan fingerprint density at radius 3 is 2.29 bits per heavy atom. The Morgan fingerprint density at radius 2 is 1.68 bits per heavy atom. The molecule has 1 fully saturated rings. The van der Waals surface area contributed by atoms with Gasteiger partial charge in [-0.3, -0.25) is 23.6 Å². The molecule has 0 bridgehead atoms. The smallest absolute Gasteiger partial charge is 0.332 e. The molecule has 9 heteroatoms. The van der Waals surface area contributed by atoms with Crippen LogP contribution in [0.2, 0.25) is 0 Å². The number of para-hydroxylation sites is 1. The molecule has 1 aliphatic heterocycles. The molecule has 0 saturated carbocycles. The monoisotopic (exact) mass is 389 g/mol. The Morgan fingerprint density at radius 1 is 1.07 bits per heavy atom. The van der Waals surface area contributed by atoms with Crippen LogP contribution < -0.4 is 21.9 Å². The molecule has 1 unspecified atom stereocenters. The number of nitrogen functional groups attached to an aromatic ring is 1. The van der Waals surface area contributed by atoms with Crippen LogP contribution in [-0.2, 0) is 14.1 Å². The van der Waals surface area contributed by atoms with Gasteiger partial charge in [-0.2, -0.15) is 0 Å². The van der Waals surface area contributed by atoms with Crippen molar-refractivity contribution < 1.29 is 9.18 Å². The van der Waals surface area contributed by atoms with E-state index in [1.165, 1.54) is 20.2 Å². The maximum absolute atomic E-state index is 14.0. The van der Waals surface area contributed by atoms with E-state index in [1.54, 1.807) is 25.1 Å². The fourth-order valence-corrected chi connectivity index (χ4v) is 3.52. The fraction of sp³-hybridized carbons (Fsp3) is 0.421. The summed E-state index contributed by atoms with van der Waals surface area (Å²) in [5.41, 5.74) is 4.99. The number of aromatic nitrogens is 2. The van der Waals surface area contributed by atoms with Gasteiger partial charge >= 0.3 is 5.69 Å². The number of rotatable bonds is 4. The molecular formula is C19H24FN5O3. The average Bonchev–Trinajstić information content (AvgIpc) is 2.71. The van der Waals surface area contributed by atoms with E-state index in [1.807, 2.05) is 9.80 Å². The quantitative estimate of drug-likeness (QED) is 0.751. The van der Waals surface area contributed by atoms with Gasteiger partial charge in [0.2, 0.25) is 0 Å². The second kappa shape index (κ2) is 7.59. The molecule has 1 aromatic carbocycles. The van der Waals surface area contributed by atoms with Crippen LogP contribution >= 0.6 is 0 Å². The molecule has 1 atom stereocenters. The van der Waals surface area contributed by atoms with Crippen LogP contribution in [-0.4, -0.2) is 52.0 Å². The minimum absolute atomic E-state index is 0.130. The van der Waals surface area contributed by atoms with Crippen LogP contribution in [0.5, 0.6) is 0 Å². The number of benzene rings is 1. The van der Waals surface area contributed by atoms with Crippen molar-refractivity contribution in [3.8, 4) is 0 Å². The van der Waals surface area contributed by atoms with Gasteiger partial charge in [0.15, 0.2) is 5.78 Å². The van der Waals surface area contributed by atoms with E-state index >= 15 is 0 Å². The summed E-state index contributed by atoms with van der Waals surface area (Å²) >= 11 is 0. The van der Waals surface area contributed by atoms with Crippen molar-refractivity contribution in [3.05, 3.63) is 56.5 Å². The Hall–Kier alpha value is -2.94. The number of halogens is 1. The summed E-state index contributed by atoms with van der Waals surface area (Å²) in [4.78, 5) is 41.2. The number of carbonyl (C=O) groups excluding carboxylic acids is 1. The molecule has 0 amide bonds. The maximum Gasteiger partial charge on any atom is 0.332 e. The number of hydrogen-bond donors (Lipinski definition) is 1. The number of hydrogen-bond acceptors (Lipinski definition) is 6. The maximum atomic E-state index is 14.0. The van der Waals surface area contributed by atoms with Crippen molar-refractivity contribution in [3.63, 3.8) is 0 Å². The summed E-state index contributed by atoms with van der Waals surface area (Å²) in [5, 5.41) is 0. The van der Waals surface area contributed by atoms with Crippen LogP contribution in [0.1, 0.15) is 17.3 Å². The minimum atomic E-state index is -0.692. The predicted octanol–water partition coefficient (Wildman–Crippen LogP) is 0.199. The molecular weight excluding hydrogens is 365 g/mol. The molecule has 0 spiro atoms. The van der Waals surface area contributed by atoms with E-state index in [9.17, 15) is 18.8 Å². The number of nitrogens with zero attached hydrogens (tertiary/aromatic N) is 4. The highest BCUT2D eigenvalue weighted by molar-refractivity contribution is 6.03. The van der Waals surface area contributed by atoms with Gasteiger partial charge in [0.25, 0.3) is 5.56 Å². The van der Waals surface area contributed by atoms with Gasteiger partial charge in [0.05, 0.1) is 11.7 Å². The molecule has 8 nitrogen and oxygen atoms in total. The topological polar surface area (TPSA) is 93.6 Å². The van der Waals surface area contributed by atoms with Crippen LogP contribution in [0.3, 0.4) is 0 Å². The van der Waals surface area contributed by atoms with Crippen molar-refractivity contribution in [1.82, 2.24) is 14.0 Å². The van der Waals surface area contributed by atoms with E-state index in [2.05, 4.69) is 0 Å². The third-order valence-corrected chi connectivity index (χ3v) is 5.39. The van der Waals surface area contributed by atoms with Crippen molar-refractivity contribution in [2.45, 2.75) is 13.0 Å². The molecule has 0 aliphatic carbocycles. The summed E-state index contributed by atoms with van der Waals surface area (Å²) in [6.45, 7) is 3.89. The fourth-order valence-electron chi connectivity index (χ4n) is 3.52. The average molecular weight is 389 g/mol. The number of nitrogens with two attached hydrogens (primary N) is 1. The molecule has 28 heavy (non-hydrogen) atoms. The van der Waals surface area contributed by atoms with Crippen molar-refractivity contribution in [2.24, 2.45) is 14.1 Å². The highest BCUT2D eigenvalue weighted by Crippen LogP contribution is 2.21.